The largest absolute Gasteiger partial charge is 0.422 e. The van der Waals surface area contributed by atoms with Gasteiger partial charge in [-0.2, -0.15) is 0 Å². The summed E-state index contributed by atoms with van der Waals surface area (Å²) in [6.45, 7) is 0. The van der Waals surface area contributed by atoms with E-state index in [4.69, 9.17) is 9.57 Å². The molecule has 23 heavy (non-hydrogen) atoms. The molecule has 0 spiro atoms. The van der Waals surface area contributed by atoms with Crippen molar-refractivity contribution in [2.24, 2.45) is 0 Å². The van der Waals surface area contributed by atoms with Gasteiger partial charge in [-0.3, -0.25) is 0 Å². The van der Waals surface area contributed by atoms with Gasteiger partial charge in [-0.1, -0.05) is 54.6 Å². The maximum Gasteiger partial charge on any atom is 0.345 e. The van der Waals surface area contributed by atoms with Crippen molar-refractivity contribution in [3.63, 3.8) is 0 Å². The molecule has 0 saturated carbocycles. The van der Waals surface area contributed by atoms with Crippen LogP contribution >= 0.6 is 0 Å². The molecule has 0 amide bonds. The number of nitrogens with one attached hydrogen (secondary N) is 1. The molecular formula is C19H13NO3. The Bertz CT molecular complexity index is 925. The summed E-state index contributed by atoms with van der Waals surface area (Å²) in [6, 6.07) is 20.8. The third kappa shape index (κ3) is 2.40. The molecule has 0 atom stereocenters. The van der Waals surface area contributed by atoms with Crippen molar-refractivity contribution in [2.45, 2.75) is 0 Å². The van der Waals surface area contributed by atoms with Gasteiger partial charge in [-0.15, -0.1) is 0 Å². The van der Waals surface area contributed by atoms with Gasteiger partial charge in [0.1, 0.15) is 5.75 Å². The number of ether oxygens (including phenoxy) is 1. The fourth-order valence-corrected chi connectivity index (χ4v) is 2.62. The monoisotopic (exact) mass is 303 g/mol. The smallest absolute Gasteiger partial charge is 0.345 e. The first kappa shape index (κ1) is 13.4. The van der Waals surface area contributed by atoms with Crippen molar-refractivity contribution in [3.8, 4) is 11.5 Å². The van der Waals surface area contributed by atoms with Gasteiger partial charge in [0, 0.05) is 10.9 Å². The van der Waals surface area contributed by atoms with E-state index in [2.05, 4.69) is 5.48 Å². The third-order valence-electron chi connectivity index (χ3n) is 3.72. The van der Waals surface area contributed by atoms with Crippen LogP contribution in [0.3, 0.4) is 0 Å². The van der Waals surface area contributed by atoms with Crippen LogP contribution in [0.5, 0.6) is 11.5 Å². The Kier molecular flexibility index (Phi) is 3.20. The van der Waals surface area contributed by atoms with E-state index in [9.17, 15) is 4.79 Å². The minimum absolute atomic E-state index is 0.426. The Labute approximate surface area is 132 Å². The van der Waals surface area contributed by atoms with E-state index in [0.29, 0.717) is 22.6 Å². The van der Waals surface area contributed by atoms with Gasteiger partial charge in [-0.25, -0.2) is 10.3 Å². The summed E-state index contributed by atoms with van der Waals surface area (Å²) in [4.78, 5) is 17.9. The molecule has 1 N–H and O–H groups in total. The minimum Gasteiger partial charge on any atom is -0.422 e. The number of benzene rings is 3. The molecule has 0 saturated heterocycles. The lowest BCUT2D eigenvalue weighted by Crippen LogP contribution is -2.22. The zero-order valence-corrected chi connectivity index (χ0v) is 12.2. The first-order valence-corrected chi connectivity index (χ1v) is 7.25. The summed E-state index contributed by atoms with van der Waals surface area (Å²) >= 11 is 0. The van der Waals surface area contributed by atoms with E-state index in [1.54, 1.807) is 12.1 Å². The maximum atomic E-state index is 12.6. The van der Waals surface area contributed by atoms with Crippen LogP contribution in [-0.2, 0) is 4.79 Å². The van der Waals surface area contributed by atoms with E-state index in [0.717, 1.165) is 10.8 Å². The zero-order valence-electron chi connectivity index (χ0n) is 12.2. The van der Waals surface area contributed by atoms with Crippen LogP contribution in [0.2, 0.25) is 0 Å². The molecule has 1 aliphatic rings. The lowest BCUT2D eigenvalue weighted by Gasteiger charge is -2.18. The van der Waals surface area contributed by atoms with Crippen molar-refractivity contribution in [1.29, 1.82) is 0 Å². The Morgan fingerprint density at radius 1 is 0.913 bits per heavy atom. The van der Waals surface area contributed by atoms with Gasteiger partial charge >= 0.3 is 5.97 Å². The second-order valence-corrected chi connectivity index (χ2v) is 5.14. The van der Waals surface area contributed by atoms with Crippen LogP contribution in [0.1, 0.15) is 5.56 Å². The predicted octanol–water partition coefficient (Wildman–Crippen LogP) is 3.68. The SMILES string of the molecule is O=C(Oc1cccc2ccccc12)C1=CNOc2ccccc21. The number of hydrogen-bond acceptors (Lipinski definition) is 4. The summed E-state index contributed by atoms with van der Waals surface area (Å²) < 4.78 is 5.62. The summed E-state index contributed by atoms with van der Waals surface area (Å²) in [7, 11) is 0. The molecule has 4 heteroatoms. The molecule has 112 valence electrons. The van der Waals surface area contributed by atoms with Gasteiger partial charge < -0.3 is 9.57 Å². The number of rotatable bonds is 2. The van der Waals surface area contributed by atoms with E-state index in [1.165, 1.54) is 6.20 Å². The van der Waals surface area contributed by atoms with Crippen LogP contribution in [0.4, 0.5) is 0 Å². The number of carbonyl (C=O) groups excluding carboxylic acids is 1. The molecule has 0 aromatic heterocycles. The summed E-state index contributed by atoms with van der Waals surface area (Å²) in [5, 5.41) is 1.93. The highest BCUT2D eigenvalue weighted by Gasteiger charge is 2.22. The van der Waals surface area contributed by atoms with Crippen molar-refractivity contribution in [3.05, 3.63) is 78.5 Å². The minimum atomic E-state index is -0.426. The van der Waals surface area contributed by atoms with Crippen molar-refractivity contribution < 1.29 is 14.4 Å². The Hall–Kier alpha value is -3.27. The van der Waals surface area contributed by atoms with Crippen molar-refractivity contribution in [2.75, 3.05) is 0 Å². The molecule has 0 unspecified atom stereocenters. The molecule has 0 aliphatic carbocycles. The molecule has 0 fully saturated rings. The fraction of sp³-hybridized carbons (Fsp3) is 0. The fourth-order valence-electron chi connectivity index (χ4n) is 2.62. The standard InChI is InChI=1S/C19H13NO3/c21-19(16-12-20-23-18-10-4-3-9-15(16)18)22-17-11-5-7-13-6-1-2-8-14(13)17/h1-12,20H. The van der Waals surface area contributed by atoms with Gasteiger partial charge in [0.15, 0.2) is 5.75 Å². The van der Waals surface area contributed by atoms with Gasteiger partial charge in [0.2, 0.25) is 0 Å². The average Bonchev–Trinajstić information content (AvgIpc) is 2.61. The first-order chi connectivity index (χ1) is 11.3. The van der Waals surface area contributed by atoms with Crippen LogP contribution in [0.25, 0.3) is 16.3 Å². The summed E-state index contributed by atoms with van der Waals surface area (Å²) in [5.41, 5.74) is 3.77. The number of fused-ring (bicyclic) bond motifs is 2. The van der Waals surface area contributed by atoms with Gasteiger partial charge in [-0.05, 0) is 17.5 Å². The van der Waals surface area contributed by atoms with E-state index >= 15 is 0 Å². The summed E-state index contributed by atoms with van der Waals surface area (Å²) in [5.74, 6) is 0.711. The molecule has 3 aromatic rings. The first-order valence-electron chi connectivity index (χ1n) is 7.25. The zero-order chi connectivity index (χ0) is 15.6. The molecule has 4 nitrogen and oxygen atoms in total. The topological polar surface area (TPSA) is 47.6 Å². The summed E-state index contributed by atoms with van der Waals surface area (Å²) in [6.07, 6.45) is 1.51. The second kappa shape index (κ2) is 5.50. The lowest BCUT2D eigenvalue weighted by atomic mass is 10.1. The quantitative estimate of drug-likeness (QED) is 0.579. The van der Waals surface area contributed by atoms with Crippen LogP contribution in [0, 0.1) is 0 Å². The van der Waals surface area contributed by atoms with E-state index < -0.39 is 5.97 Å². The molecule has 3 aromatic carbocycles. The van der Waals surface area contributed by atoms with Crippen LogP contribution in [0.15, 0.2) is 72.9 Å². The second-order valence-electron chi connectivity index (χ2n) is 5.14. The van der Waals surface area contributed by atoms with Crippen molar-refractivity contribution >= 4 is 22.3 Å². The predicted molar refractivity (Wildman–Crippen MR) is 87.8 cm³/mol. The Morgan fingerprint density at radius 2 is 1.70 bits per heavy atom. The highest BCUT2D eigenvalue weighted by atomic mass is 16.6. The number of hydroxylamine groups is 1. The average molecular weight is 303 g/mol. The van der Waals surface area contributed by atoms with Crippen molar-refractivity contribution in [1.82, 2.24) is 5.48 Å². The highest BCUT2D eigenvalue weighted by molar-refractivity contribution is 6.18. The molecular weight excluding hydrogens is 290 g/mol. The third-order valence-corrected chi connectivity index (χ3v) is 3.72. The van der Waals surface area contributed by atoms with E-state index in [-0.39, 0.29) is 0 Å². The normalized spacial score (nSPS) is 12.6. The molecule has 0 radical (unpaired) electrons. The molecule has 1 aliphatic heterocycles. The number of para-hydroxylation sites is 1. The number of esters is 1. The lowest BCUT2D eigenvalue weighted by molar-refractivity contribution is -0.127. The molecule has 4 rings (SSSR count). The highest BCUT2D eigenvalue weighted by Crippen LogP contribution is 2.31. The maximum absolute atomic E-state index is 12.6. The molecule has 0 bridgehead atoms. The van der Waals surface area contributed by atoms with Crippen LogP contribution < -0.4 is 15.1 Å². The van der Waals surface area contributed by atoms with Gasteiger partial charge in [0.05, 0.1) is 11.8 Å². The number of hydrogen-bond donors (Lipinski definition) is 1. The Morgan fingerprint density at radius 3 is 2.65 bits per heavy atom. The molecule has 1 heterocycles. The van der Waals surface area contributed by atoms with E-state index in [1.807, 2.05) is 54.6 Å². The Balaban J connectivity index is 1.69. The number of carbonyl (C=O) groups is 1. The van der Waals surface area contributed by atoms with Crippen LogP contribution in [-0.4, -0.2) is 5.97 Å². The van der Waals surface area contributed by atoms with Gasteiger partial charge in [0.25, 0.3) is 0 Å².